The minimum atomic E-state index is 0.199. The molecule has 1 aromatic heterocycles. The highest BCUT2D eigenvalue weighted by atomic mass is 16.5. The van der Waals surface area contributed by atoms with E-state index in [2.05, 4.69) is 15.3 Å². The van der Waals surface area contributed by atoms with Crippen LogP contribution in [0.25, 0.3) is 11.3 Å². The zero-order chi connectivity index (χ0) is 17.6. The molecule has 3 aromatic rings. The number of hydrogen-bond acceptors (Lipinski definition) is 4. The number of oxazole rings is 1. The Morgan fingerprint density at radius 3 is 2.56 bits per heavy atom. The van der Waals surface area contributed by atoms with E-state index >= 15 is 0 Å². The van der Waals surface area contributed by atoms with E-state index in [0.29, 0.717) is 12.4 Å². The van der Waals surface area contributed by atoms with Crippen molar-refractivity contribution in [3.05, 3.63) is 60.3 Å². The van der Waals surface area contributed by atoms with Crippen LogP contribution in [0.2, 0.25) is 0 Å². The number of rotatable bonds is 5. The molecule has 0 saturated carbocycles. The van der Waals surface area contributed by atoms with Crippen LogP contribution in [-0.2, 0) is 0 Å². The first-order chi connectivity index (χ1) is 12.2. The van der Waals surface area contributed by atoms with Gasteiger partial charge in [-0.2, -0.15) is 9.98 Å². The van der Waals surface area contributed by atoms with Crippen LogP contribution in [0.3, 0.4) is 0 Å². The Balaban J connectivity index is 1.74. The normalized spacial score (nSPS) is 11.4. The van der Waals surface area contributed by atoms with E-state index in [9.17, 15) is 0 Å². The number of benzene rings is 2. The molecule has 0 radical (unpaired) electrons. The summed E-state index contributed by atoms with van der Waals surface area (Å²) in [5.41, 5.74) is 8.46. The fourth-order valence-corrected chi connectivity index (χ4v) is 2.37. The molecule has 0 aliphatic heterocycles. The predicted octanol–water partition coefficient (Wildman–Crippen LogP) is 4.11. The van der Waals surface area contributed by atoms with Crippen LogP contribution < -0.4 is 15.8 Å². The molecule has 0 amide bonds. The lowest BCUT2D eigenvalue weighted by atomic mass is 10.1. The first-order valence-electron chi connectivity index (χ1n) is 8.02. The number of nitrogens with two attached hydrogens (primary N) is 1. The SMILES string of the molecule is CCOc1ccc(N/C(N)=N/c2nc(C)c(-c3ccccc3)o2)cc1. The Bertz CT molecular complexity index is 855. The lowest BCUT2D eigenvalue weighted by molar-refractivity contribution is 0.340. The number of guanidine groups is 1. The van der Waals surface area contributed by atoms with Crippen molar-refractivity contribution in [3.63, 3.8) is 0 Å². The summed E-state index contributed by atoms with van der Waals surface area (Å²) in [6, 6.07) is 17.4. The Hall–Kier alpha value is -3.28. The highest BCUT2D eigenvalue weighted by Crippen LogP contribution is 2.27. The second-order valence-corrected chi connectivity index (χ2v) is 5.36. The monoisotopic (exact) mass is 336 g/mol. The van der Waals surface area contributed by atoms with Gasteiger partial charge in [-0.25, -0.2) is 0 Å². The van der Waals surface area contributed by atoms with Gasteiger partial charge in [-0.05, 0) is 38.1 Å². The largest absolute Gasteiger partial charge is 0.494 e. The summed E-state index contributed by atoms with van der Waals surface area (Å²) >= 11 is 0. The Labute approximate surface area is 146 Å². The van der Waals surface area contributed by atoms with E-state index in [1.165, 1.54) is 0 Å². The summed E-state index contributed by atoms with van der Waals surface area (Å²) in [7, 11) is 0. The van der Waals surface area contributed by atoms with E-state index in [1.54, 1.807) is 0 Å². The molecule has 6 heteroatoms. The maximum Gasteiger partial charge on any atom is 0.325 e. The fraction of sp³-hybridized carbons (Fsp3) is 0.158. The molecule has 0 saturated heterocycles. The fourth-order valence-electron chi connectivity index (χ4n) is 2.37. The van der Waals surface area contributed by atoms with Crippen LogP contribution in [0.4, 0.5) is 11.7 Å². The second kappa shape index (κ2) is 7.53. The molecule has 3 rings (SSSR count). The van der Waals surface area contributed by atoms with Crippen molar-refractivity contribution in [1.29, 1.82) is 0 Å². The van der Waals surface area contributed by atoms with Crippen LogP contribution in [0.1, 0.15) is 12.6 Å². The zero-order valence-corrected chi connectivity index (χ0v) is 14.2. The minimum Gasteiger partial charge on any atom is -0.494 e. The number of nitrogens with zero attached hydrogens (tertiary/aromatic N) is 2. The van der Waals surface area contributed by atoms with E-state index < -0.39 is 0 Å². The summed E-state index contributed by atoms with van der Waals surface area (Å²) in [6.07, 6.45) is 0. The smallest absolute Gasteiger partial charge is 0.325 e. The van der Waals surface area contributed by atoms with Crippen LogP contribution in [0.5, 0.6) is 5.75 Å². The Kier molecular flexibility index (Phi) is 4.99. The van der Waals surface area contributed by atoms with Crippen molar-refractivity contribution in [3.8, 4) is 17.1 Å². The number of anilines is 1. The summed E-state index contributed by atoms with van der Waals surface area (Å²) in [5.74, 6) is 1.69. The van der Waals surface area contributed by atoms with Gasteiger partial charge < -0.3 is 20.2 Å². The number of aliphatic imine (C=N–C) groups is 1. The van der Waals surface area contributed by atoms with Gasteiger partial charge in [-0.3, -0.25) is 0 Å². The van der Waals surface area contributed by atoms with Gasteiger partial charge in [0.2, 0.25) is 5.96 Å². The molecule has 6 nitrogen and oxygen atoms in total. The van der Waals surface area contributed by atoms with Gasteiger partial charge in [0.25, 0.3) is 0 Å². The van der Waals surface area contributed by atoms with Gasteiger partial charge in [0, 0.05) is 11.3 Å². The first kappa shape index (κ1) is 16.6. The minimum absolute atomic E-state index is 0.199. The van der Waals surface area contributed by atoms with Crippen molar-refractivity contribution in [1.82, 2.24) is 4.98 Å². The molecule has 128 valence electrons. The molecule has 2 aromatic carbocycles. The maximum atomic E-state index is 5.94. The third-order valence-corrected chi connectivity index (χ3v) is 3.48. The molecule has 1 heterocycles. The molecule has 0 aliphatic carbocycles. The maximum absolute atomic E-state index is 5.94. The molecule has 0 fully saturated rings. The average Bonchev–Trinajstić information content (AvgIpc) is 2.98. The van der Waals surface area contributed by atoms with Gasteiger partial charge in [0.15, 0.2) is 5.76 Å². The highest BCUT2D eigenvalue weighted by Gasteiger charge is 2.11. The molecular formula is C19H20N4O2. The van der Waals surface area contributed by atoms with Crippen molar-refractivity contribution < 1.29 is 9.15 Å². The van der Waals surface area contributed by atoms with Crippen molar-refractivity contribution in [2.24, 2.45) is 10.7 Å². The van der Waals surface area contributed by atoms with E-state index in [0.717, 1.165) is 22.7 Å². The van der Waals surface area contributed by atoms with E-state index in [-0.39, 0.29) is 12.0 Å². The number of hydrogen-bond donors (Lipinski definition) is 2. The number of nitrogens with one attached hydrogen (secondary N) is 1. The molecule has 3 N–H and O–H groups in total. The standard InChI is InChI=1S/C19H20N4O2/c1-3-24-16-11-9-15(10-12-16)22-18(20)23-19-21-13(2)17(25-19)14-7-5-4-6-8-14/h4-12H,3H2,1-2H3,(H3,20,21,22,23). The molecule has 0 spiro atoms. The quantitative estimate of drug-likeness (QED) is 0.541. The Morgan fingerprint density at radius 2 is 1.88 bits per heavy atom. The van der Waals surface area contributed by atoms with Gasteiger partial charge in [-0.15, -0.1) is 0 Å². The molecule has 0 bridgehead atoms. The first-order valence-corrected chi connectivity index (χ1v) is 8.02. The average molecular weight is 336 g/mol. The van der Waals surface area contributed by atoms with Crippen molar-refractivity contribution in [2.45, 2.75) is 13.8 Å². The Morgan fingerprint density at radius 1 is 1.16 bits per heavy atom. The van der Waals surface area contributed by atoms with Crippen LogP contribution >= 0.6 is 0 Å². The van der Waals surface area contributed by atoms with Gasteiger partial charge in [0.1, 0.15) is 5.75 Å². The van der Waals surface area contributed by atoms with Gasteiger partial charge in [0.05, 0.1) is 12.3 Å². The summed E-state index contributed by atoms with van der Waals surface area (Å²) in [5, 5.41) is 3.00. The number of aryl methyl sites for hydroxylation is 1. The lowest BCUT2D eigenvalue weighted by Gasteiger charge is -2.06. The van der Waals surface area contributed by atoms with Crippen molar-refractivity contribution >= 4 is 17.7 Å². The van der Waals surface area contributed by atoms with Crippen LogP contribution in [-0.4, -0.2) is 17.6 Å². The predicted molar refractivity (Wildman–Crippen MR) is 99.2 cm³/mol. The van der Waals surface area contributed by atoms with E-state index in [1.807, 2.05) is 68.4 Å². The molecule has 0 atom stereocenters. The van der Waals surface area contributed by atoms with Crippen molar-refractivity contribution in [2.75, 3.05) is 11.9 Å². The summed E-state index contributed by atoms with van der Waals surface area (Å²) < 4.78 is 11.1. The van der Waals surface area contributed by atoms with E-state index in [4.69, 9.17) is 14.9 Å². The molecule has 25 heavy (non-hydrogen) atoms. The molecule has 0 aliphatic rings. The van der Waals surface area contributed by atoms with Gasteiger partial charge >= 0.3 is 6.01 Å². The van der Waals surface area contributed by atoms with Gasteiger partial charge in [-0.1, -0.05) is 30.3 Å². The van der Waals surface area contributed by atoms with Crippen LogP contribution in [0.15, 0.2) is 64.0 Å². The third-order valence-electron chi connectivity index (χ3n) is 3.48. The lowest BCUT2D eigenvalue weighted by Crippen LogP contribution is -2.21. The number of aromatic nitrogens is 1. The zero-order valence-electron chi connectivity index (χ0n) is 14.2. The summed E-state index contributed by atoms with van der Waals surface area (Å²) in [6.45, 7) is 4.45. The topological polar surface area (TPSA) is 85.7 Å². The second-order valence-electron chi connectivity index (χ2n) is 5.36. The third kappa shape index (κ3) is 4.17. The highest BCUT2D eigenvalue weighted by molar-refractivity contribution is 5.93. The molecular weight excluding hydrogens is 316 g/mol. The molecule has 0 unspecified atom stereocenters. The number of ether oxygens (including phenoxy) is 1. The summed E-state index contributed by atoms with van der Waals surface area (Å²) in [4.78, 5) is 8.51. The van der Waals surface area contributed by atoms with Crippen LogP contribution in [0, 0.1) is 6.92 Å².